The molecule has 0 saturated heterocycles. The molecule has 1 saturated carbocycles. The predicted molar refractivity (Wildman–Crippen MR) is 68.0 cm³/mol. The molecule has 0 aliphatic heterocycles. The number of hydrogen-bond acceptors (Lipinski definition) is 0. The maximum Gasteiger partial charge on any atom is 0.344 e. The third-order valence-corrected chi connectivity index (χ3v) is 10.8. The molecular formula is C5H8Cl6Si2. The largest absolute Gasteiger partial charge is 0.344 e. The molecule has 1 rings (SSSR count). The lowest BCUT2D eigenvalue weighted by atomic mass is 10.4. The maximum atomic E-state index is 5.96. The third kappa shape index (κ3) is 3.59. The quantitative estimate of drug-likeness (QED) is 0.479. The Morgan fingerprint density at radius 2 is 1.00 bits per heavy atom. The fourth-order valence-electron chi connectivity index (χ4n) is 1.74. The van der Waals surface area contributed by atoms with Crippen LogP contribution in [0.25, 0.3) is 0 Å². The first-order chi connectivity index (χ1) is 5.73. The Labute approximate surface area is 108 Å². The average Bonchev–Trinajstić information content (AvgIpc) is 2.27. The first kappa shape index (κ1) is 13.2. The van der Waals surface area contributed by atoms with Gasteiger partial charge in [-0.2, -0.15) is 0 Å². The van der Waals surface area contributed by atoms with Crippen LogP contribution in [0.1, 0.15) is 19.3 Å². The zero-order valence-electron chi connectivity index (χ0n) is 6.54. The van der Waals surface area contributed by atoms with E-state index in [9.17, 15) is 0 Å². The highest BCUT2D eigenvalue weighted by molar-refractivity contribution is 7.68. The van der Waals surface area contributed by atoms with Gasteiger partial charge in [-0.3, -0.25) is 0 Å². The fraction of sp³-hybridized carbons (Fsp3) is 1.00. The molecule has 1 fully saturated rings. The standard InChI is InChI=1S/C5H8Cl6Si2/c6-12(7,8)4-2-1-3-5(4)13(9,10)11/h4-5H,1-3H2/t4-,5+. The van der Waals surface area contributed by atoms with Crippen molar-refractivity contribution in [2.45, 2.75) is 30.3 Å². The zero-order valence-corrected chi connectivity index (χ0v) is 13.1. The van der Waals surface area contributed by atoms with Crippen molar-refractivity contribution in [1.82, 2.24) is 0 Å². The molecule has 0 heterocycles. The van der Waals surface area contributed by atoms with Gasteiger partial charge in [0.25, 0.3) is 0 Å². The van der Waals surface area contributed by atoms with Crippen LogP contribution < -0.4 is 0 Å². The van der Waals surface area contributed by atoms with E-state index in [0.717, 1.165) is 19.3 Å². The highest BCUT2D eigenvalue weighted by Crippen LogP contribution is 2.58. The van der Waals surface area contributed by atoms with Gasteiger partial charge in [-0.05, 0) is 23.9 Å². The second kappa shape index (κ2) is 4.58. The van der Waals surface area contributed by atoms with Gasteiger partial charge in [0, 0.05) is 0 Å². The summed E-state index contributed by atoms with van der Waals surface area (Å²) in [6.45, 7) is 0. The van der Waals surface area contributed by atoms with E-state index in [1.54, 1.807) is 0 Å². The topological polar surface area (TPSA) is 0 Å². The van der Waals surface area contributed by atoms with Crippen LogP contribution in [0, 0.1) is 0 Å². The van der Waals surface area contributed by atoms with Gasteiger partial charge in [-0.1, -0.05) is 6.42 Å². The summed E-state index contributed by atoms with van der Waals surface area (Å²) in [7, 11) is 0. The summed E-state index contributed by atoms with van der Waals surface area (Å²) in [6.07, 6.45) is 2.81. The van der Waals surface area contributed by atoms with Crippen LogP contribution in [-0.4, -0.2) is 12.0 Å². The summed E-state index contributed by atoms with van der Waals surface area (Å²) in [5.74, 6) is 0. The normalized spacial score (nSPS) is 30.9. The van der Waals surface area contributed by atoms with Crippen LogP contribution in [0.4, 0.5) is 0 Å². The molecule has 0 aromatic rings. The lowest BCUT2D eigenvalue weighted by Crippen LogP contribution is -2.29. The highest BCUT2D eigenvalue weighted by atomic mass is 35.8. The van der Waals surface area contributed by atoms with Crippen LogP contribution in [-0.2, 0) is 0 Å². The highest BCUT2D eigenvalue weighted by Gasteiger charge is 2.53. The summed E-state index contributed by atoms with van der Waals surface area (Å²) in [5.41, 5.74) is 0.0772. The fourth-order valence-corrected chi connectivity index (χ4v) is 12.2. The van der Waals surface area contributed by atoms with E-state index >= 15 is 0 Å². The van der Waals surface area contributed by atoms with Gasteiger partial charge in [0.05, 0.1) is 0 Å². The number of halogens is 6. The molecule has 0 aromatic carbocycles. The Bertz CT molecular complexity index is 164. The van der Waals surface area contributed by atoms with Crippen molar-refractivity contribution in [3.05, 3.63) is 0 Å². The Hall–Kier alpha value is 2.17. The summed E-state index contributed by atoms with van der Waals surface area (Å²) in [6, 6.07) is -5.40. The SMILES string of the molecule is Cl[Si](Cl)(Cl)[C@@H]1CCC[C@@H]1[Si](Cl)(Cl)Cl. The minimum Gasteiger partial charge on any atom is -0.126 e. The van der Waals surface area contributed by atoms with E-state index in [1.165, 1.54) is 0 Å². The van der Waals surface area contributed by atoms with E-state index in [4.69, 9.17) is 66.5 Å². The van der Waals surface area contributed by atoms with Crippen molar-refractivity contribution in [3.63, 3.8) is 0 Å². The van der Waals surface area contributed by atoms with E-state index < -0.39 is 12.0 Å². The third-order valence-electron chi connectivity index (χ3n) is 2.36. The van der Waals surface area contributed by atoms with Crippen molar-refractivity contribution in [3.8, 4) is 0 Å². The number of rotatable bonds is 2. The minimum absolute atomic E-state index is 0.0386. The van der Waals surface area contributed by atoms with E-state index in [-0.39, 0.29) is 11.1 Å². The average molecular weight is 337 g/mol. The van der Waals surface area contributed by atoms with Crippen molar-refractivity contribution < 1.29 is 0 Å². The van der Waals surface area contributed by atoms with Gasteiger partial charge in [0.2, 0.25) is 0 Å². The Morgan fingerprint density at radius 1 is 0.692 bits per heavy atom. The first-order valence-corrected chi connectivity index (χ1v) is 14.1. The van der Waals surface area contributed by atoms with Crippen LogP contribution in [0.5, 0.6) is 0 Å². The molecule has 78 valence electrons. The molecule has 1 aliphatic carbocycles. The molecule has 1 aliphatic rings. The second-order valence-corrected chi connectivity index (χ2v) is 21.1. The molecule has 13 heavy (non-hydrogen) atoms. The second-order valence-electron chi connectivity index (χ2n) is 3.23. The van der Waals surface area contributed by atoms with Crippen molar-refractivity contribution in [1.29, 1.82) is 0 Å². The summed E-state index contributed by atoms with van der Waals surface area (Å²) in [4.78, 5) is 0. The number of hydrogen-bond donors (Lipinski definition) is 0. The molecule has 0 aromatic heterocycles. The molecule has 0 bridgehead atoms. The van der Waals surface area contributed by atoms with Crippen LogP contribution in [0.15, 0.2) is 0 Å². The summed E-state index contributed by atoms with van der Waals surface area (Å²) >= 11 is 35.7. The van der Waals surface area contributed by atoms with E-state index in [0.29, 0.717) is 0 Å². The minimum atomic E-state index is -2.70. The molecule has 0 spiro atoms. The molecule has 0 unspecified atom stereocenters. The Kier molecular flexibility index (Phi) is 4.66. The Balaban J connectivity index is 2.76. The Morgan fingerprint density at radius 3 is 1.23 bits per heavy atom. The van der Waals surface area contributed by atoms with Gasteiger partial charge in [-0.25, -0.2) is 0 Å². The molecule has 2 atom stereocenters. The lowest BCUT2D eigenvalue weighted by Gasteiger charge is -2.27. The zero-order chi connectivity index (χ0) is 10.3. The van der Waals surface area contributed by atoms with E-state index in [2.05, 4.69) is 0 Å². The lowest BCUT2D eigenvalue weighted by molar-refractivity contribution is 0.855. The van der Waals surface area contributed by atoms with Crippen LogP contribution >= 0.6 is 66.5 Å². The predicted octanol–water partition coefficient (Wildman–Crippen LogP) is 5.22. The van der Waals surface area contributed by atoms with Gasteiger partial charge in [0.1, 0.15) is 0 Å². The van der Waals surface area contributed by atoms with Crippen molar-refractivity contribution in [2.24, 2.45) is 0 Å². The smallest absolute Gasteiger partial charge is 0.126 e. The van der Waals surface area contributed by atoms with E-state index in [1.807, 2.05) is 0 Å². The van der Waals surface area contributed by atoms with Crippen LogP contribution in [0.3, 0.4) is 0 Å². The monoisotopic (exact) mass is 334 g/mol. The van der Waals surface area contributed by atoms with Gasteiger partial charge in [-0.15, -0.1) is 66.5 Å². The molecular weight excluding hydrogens is 329 g/mol. The molecule has 0 amide bonds. The first-order valence-electron chi connectivity index (χ1n) is 3.86. The van der Waals surface area contributed by atoms with Crippen LogP contribution in [0.2, 0.25) is 11.1 Å². The molecule has 0 N–H and O–H groups in total. The molecule has 0 radical (unpaired) electrons. The van der Waals surface area contributed by atoms with Crippen molar-refractivity contribution in [2.75, 3.05) is 0 Å². The summed E-state index contributed by atoms with van der Waals surface area (Å²) < 4.78 is 0. The van der Waals surface area contributed by atoms with Crippen molar-refractivity contribution >= 4 is 78.5 Å². The molecule has 8 heteroatoms. The van der Waals surface area contributed by atoms with Gasteiger partial charge >= 0.3 is 12.0 Å². The van der Waals surface area contributed by atoms with Gasteiger partial charge in [0.15, 0.2) is 0 Å². The van der Waals surface area contributed by atoms with Gasteiger partial charge < -0.3 is 0 Å². The summed E-state index contributed by atoms with van der Waals surface area (Å²) in [5, 5.41) is 0. The maximum absolute atomic E-state index is 5.96. The molecule has 0 nitrogen and oxygen atoms in total.